The molecule has 0 aliphatic carbocycles. The highest BCUT2D eigenvalue weighted by molar-refractivity contribution is 5.90. The minimum absolute atomic E-state index is 0.0661. The Labute approximate surface area is 125 Å². The van der Waals surface area contributed by atoms with Crippen LogP contribution in [0.1, 0.15) is 37.7 Å². The zero-order chi connectivity index (χ0) is 15.1. The fourth-order valence-electron chi connectivity index (χ4n) is 2.57. The Morgan fingerprint density at radius 3 is 2.43 bits per heavy atom. The third kappa shape index (κ3) is 4.77. The van der Waals surface area contributed by atoms with Crippen LogP contribution < -0.4 is 5.32 Å². The molecule has 0 bridgehead atoms. The Morgan fingerprint density at radius 2 is 1.76 bits per heavy atom. The largest absolute Gasteiger partial charge is 0.481 e. The molecule has 1 heterocycles. The maximum Gasteiger partial charge on any atom is 0.321 e. The van der Waals surface area contributed by atoms with Gasteiger partial charge in [-0.25, -0.2) is 4.79 Å². The fourth-order valence-corrected chi connectivity index (χ4v) is 2.57. The van der Waals surface area contributed by atoms with E-state index in [9.17, 15) is 9.59 Å². The predicted molar refractivity (Wildman–Crippen MR) is 81.5 cm³/mol. The van der Waals surface area contributed by atoms with Gasteiger partial charge in [0.15, 0.2) is 0 Å². The predicted octanol–water partition coefficient (Wildman–Crippen LogP) is 3.11. The maximum atomic E-state index is 12.3. The summed E-state index contributed by atoms with van der Waals surface area (Å²) in [5.74, 6) is -0.830. The number of urea groups is 1. The molecule has 114 valence electrons. The number of aliphatic carboxylic acids is 1. The summed E-state index contributed by atoms with van der Waals surface area (Å²) in [6, 6.07) is 7.31. The van der Waals surface area contributed by atoms with E-state index in [4.69, 9.17) is 5.11 Å². The monoisotopic (exact) mass is 290 g/mol. The summed E-state index contributed by atoms with van der Waals surface area (Å²) in [7, 11) is 0. The van der Waals surface area contributed by atoms with Crippen molar-refractivity contribution < 1.29 is 14.7 Å². The number of rotatable bonds is 4. The average Bonchev–Trinajstić information content (AvgIpc) is 2.75. The third-order valence-corrected chi connectivity index (χ3v) is 3.76. The number of carboxylic acid groups (broad SMARTS) is 1. The highest BCUT2D eigenvalue weighted by atomic mass is 16.4. The van der Waals surface area contributed by atoms with Crippen molar-refractivity contribution >= 4 is 17.7 Å². The van der Waals surface area contributed by atoms with Crippen molar-refractivity contribution in [1.29, 1.82) is 0 Å². The van der Waals surface area contributed by atoms with Crippen LogP contribution in [0.25, 0.3) is 0 Å². The first-order chi connectivity index (χ1) is 10.2. The van der Waals surface area contributed by atoms with Gasteiger partial charge in [0, 0.05) is 25.2 Å². The van der Waals surface area contributed by atoms with Crippen LogP contribution in [0.3, 0.4) is 0 Å². The molecule has 2 amide bonds. The van der Waals surface area contributed by atoms with Gasteiger partial charge >= 0.3 is 12.0 Å². The van der Waals surface area contributed by atoms with Gasteiger partial charge in [0.1, 0.15) is 0 Å². The molecular weight excluding hydrogens is 268 g/mol. The Balaban J connectivity index is 2.00. The van der Waals surface area contributed by atoms with Crippen LogP contribution in [0.5, 0.6) is 0 Å². The Hall–Kier alpha value is -2.04. The van der Waals surface area contributed by atoms with Gasteiger partial charge in [-0.15, -0.1) is 0 Å². The smallest absolute Gasteiger partial charge is 0.321 e. The van der Waals surface area contributed by atoms with Gasteiger partial charge in [0.2, 0.25) is 0 Å². The maximum absolute atomic E-state index is 12.3. The van der Waals surface area contributed by atoms with Gasteiger partial charge in [-0.05, 0) is 30.9 Å². The Kier molecular flexibility index (Phi) is 5.60. The number of carbonyl (C=O) groups is 2. The Morgan fingerprint density at radius 1 is 1.10 bits per heavy atom. The number of carboxylic acids is 1. The van der Waals surface area contributed by atoms with Crippen LogP contribution in [0.2, 0.25) is 0 Å². The molecule has 0 unspecified atom stereocenters. The molecule has 1 aromatic rings. The molecule has 5 heteroatoms. The molecule has 0 aromatic heterocycles. The number of hydrogen-bond donors (Lipinski definition) is 2. The van der Waals surface area contributed by atoms with Crippen LogP contribution in [0.15, 0.2) is 24.3 Å². The number of benzene rings is 1. The highest BCUT2D eigenvalue weighted by Gasteiger charge is 2.16. The zero-order valence-electron chi connectivity index (χ0n) is 12.2. The van der Waals surface area contributed by atoms with Crippen molar-refractivity contribution in [3.63, 3.8) is 0 Å². The van der Waals surface area contributed by atoms with Crippen LogP contribution in [0.4, 0.5) is 10.5 Å². The number of aryl methyl sites for hydroxylation is 1. The van der Waals surface area contributed by atoms with Crippen LogP contribution in [-0.2, 0) is 11.2 Å². The number of likely N-dealkylation sites (tertiary alicyclic amines) is 1. The molecule has 21 heavy (non-hydrogen) atoms. The van der Waals surface area contributed by atoms with Gasteiger partial charge in [-0.2, -0.15) is 0 Å². The molecule has 0 radical (unpaired) electrons. The first-order valence-corrected chi connectivity index (χ1v) is 7.52. The molecule has 1 aromatic carbocycles. The Bertz CT molecular complexity index is 494. The average molecular weight is 290 g/mol. The van der Waals surface area contributed by atoms with Crippen LogP contribution in [-0.4, -0.2) is 35.1 Å². The SMILES string of the molecule is O=C(O)CCc1ccccc1NC(=O)N1CCCCCC1. The van der Waals surface area contributed by atoms with Crippen molar-refractivity contribution in [3.8, 4) is 0 Å². The number of carbonyl (C=O) groups excluding carboxylic acids is 1. The molecule has 2 N–H and O–H groups in total. The van der Waals surface area contributed by atoms with Crippen molar-refractivity contribution in [2.75, 3.05) is 18.4 Å². The zero-order valence-corrected chi connectivity index (χ0v) is 12.2. The fraction of sp³-hybridized carbons (Fsp3) is 0.500. The van der Waals surface area contributed by atoms with E-state index in [1.807, 2.05) is 29.2 Å². The normalized spacial score (nSPS) is 15.3. The topological polar surface area (TPSA) is 69.6 Å². The quantitative estimate of drug-likeness (QED) is 0.895. The number of hydrogen-bond acceptors (Lipinski definition) is 2. The number of anilines is 1. The minimum atomic E-state index is -0.830. The summed E-state index contributed by atoms with van der Waals surface area (Å²) in [5.41, 5.74) is 1.58. The lowest BCUT2D eigenvalue weighted by atomic mass is 10.1. The third-order valence-electron chi connectivity index (χ3n) is 3.76. The molecule has 5 nitrogen and oxygen atoms in total. The van der Waals surface area contributed by atoms with Gasteiger partial charge in [-0.3, -0.25) is 4.79 Å². The van der Waals surface area contributed by atoms with Gasteiger partial charge in [0.05, 0.1) is 0 Å². The lowest BCUT2D eigenvalue weighted by molar-refractivity contribution is -0.136. The van der Waals surface area contributed by atoms with E-state index in [1.54, 1.807) is 0 Å². The molecule has 1 saturated heterocycles. The molecular formula is C16H22N2O3. The van der Waals surface area contributed by atoms with Gasteiger partial charge in [-0.1, -0.05) is 31.0 Å². The second-order valence-corrected chi connectivity index (χ2v) is 5.38. The number of amides is 2. The molecule has 0 spiro atoms. The van der Waals surface area contributed by atoms with Gasteiger partial charge < -0.3 is 15.3 Å². The number of para-hydroxylation sites is 1. The van der Waals surface area contributed by atoms with Crippen molar-refractivity contribution in [2.45, 2.75) is 38.5 Å². The van der Waals surface area contributed by atoms with Crippen molar-refractivity contribution in [3.05, 3.63) is 29.8 Å². The van der Waals surface area contributed by atoms with E-state index >= 15 is 0 Å². The first-order valence-electron chi connectivity index (χ1n) is 7.52. The summed E-state index contributed by atoms with van der Waals surface area (Å²) >= 11 is 0. The summed E-state index contributed by atoms with van der Waals surface area (Å²) in [5, 5.41) is 11.7. The van der Waals surface area contributed by atoms with Crippen LogP contribution >= 0.6 is 0 Å². The summed E-state index contributed by atoms with van der Waals surface area (Å²) < 4.78 is 0. The summed E-state index contributed by atoms with van der Waals surface area (Å²) in [6.45, 7) is 1.59. The molecule has 0 saturated carbocycles. The molecule has 0 atom stereocenters. The van der Waals surface area contributed by atoms with E-state index in [1.165, 1.54) is 12.8 Å². The summed E-state index contributed by atoms with van der Waals surface area (Å²) in [6.07, 6.45) is 4.95. The van der Waals surface area contributed by atoms with Crippen molar-refractivity contribution in [1.82, 2.24) is 4.90 Å². The van der Waals surface area contributed by atoms with Crippen LogP contribution in [0, 0.1) is 0 Å². The molecule has 1 aliphatic rings. The molecule has 1 aliphatic heterocycles. The first kappa shape index (κ1) is 15.4. The molecule has 1 fully saturated rings. The van der Waals surface area contributed by atoms with Gasteiger partial charge in [0.25, 0.3) is 0 Å². The second-order valence-electron chi connectivity index (χ2n) is 5.38. The van der Waals surface area contributed by atoms with Crippen molar-refractivity contribution in [2.24, 2.45) is 0 Å². The highest BCUT2D eigenvalue weighted by Crippen LogP contribution is 2.18. The molecule has 2 rings (SSSR count). The summed E-state index contributed by atoms with van der Waals surface area (Å²) in [4.78, 5) is 24.9. The number of nitrogens with one attached hydrogen (secondary N) is 1. The van der Waals surface area contributed by atoms with E-state index in [2.05, 4.69) is 5.32 Å². The van der Waals surface area contributed by atoms with E-state index in [-0.39, 0.29) is 12.5 Å². The van der Waals surface area contributed by atoms with E-state index < -0.39 is 5.97 Å². The van der Waals surface area contributed by atoms with E-state index in [0.29, 0.717) is 12.1 Å². The lowest BCUT2D eigenvalue weighted by Gasteiger charge is -2.21. The number of nitrogens with zero attached hydrogens (tertiary/aromatic N) is 1. The second kappa shape index (κ2) is 7.67. The minimum Gasteiger partial charge on any atom is -0.481 e. The van der Waals surface area contributed by atoms with E-state index in [0.717, 1.165) is 31.5 Å². The lowest BCUT2D eigenvalue weighted by Crippen LogP contribution is -2.35. The standard InChI is InChI=1S/C16H22N2O3/c19-15(20)10-9-13-7-3-4-8-14(13)17-16(21)18-11-5-1-2-6-12-18/h3-4,7-8H,1-2,5-6,9-12H2,(H,17,21)(H,19,20).